The number of benzene rings is 8. The fourth-order valence-corrected chi connectivity index (χ4v) is 8.00. The molecule has 0 unspecified atom stereocenters. The lowest BCUT2D eigenvalue weighted by Gasteiger charge is -2.25. The second-order valence-corrected chi connectivity index (χ2v) is 13.4. The van der Waals surface area contributed by atoms with Crippen molar-refractivity contribution in [2.24, 2.45) is 0 Å². The van der Waals surface area contributed by atoms with Crippen LogP contribution in [0, 0.1) is 5.82 Å². The number of para-hydroxylation sites is 3. The fraction of sp³-hybridized carbons (Fsp3) is 0. The van der Waals surface area contributed by atoms with Crippen LogP contribution in [0.1, 0.15) is 0 Å². The Morgan fingerprint density at radius 2 is 0.981 bits per heavy atom. The Bertz CT molecular complexity index is 3150. The van der Waals surface area contributed by atoms with Crippen molar-refractivity contribution in [2.45, 2.75) is 0 Å². The zero-order chi connectivity index (χ0) is 35.0. The van der Waals surface area contributed by atoms with E-state index < -0.39 is 0 Å². The first kappa shape index (κ1) is 29.6. The SMILES string of the molecule is Fc1ccc2c(c1)oc1cccc(-c3ccc4c(c3)oc3cccc(-c5cccc6c5oc5ccc(N(c7ccccc7)c7ccccc7)cc56)c34)c12. The van der Waals surface area contributed by atoms with Gasteiger partial charge in [0.05, 0.1) is 0 Å². The Kier molecular flexibility index (Phi) is 6.40. The van der Waals surface area contributed by atoms with Gasteiger partial charge in [-0.05, 0) is 95.6 Å². The molecule has 0 saturated carbocycles. The average Bonchev–Trinajstić information content (AvgIpc) is 3.89. The number of furan rings is 3. The van der Waals surface area contributed by atoms with Crippen LogP contribution in [0.3, 0.4) is 0 Å². The molecule has 0 spiro atoms. The minimum absolute atomic E-state index is 0.321. The monoisotopic (exact) mass is 685 g/mol. The second-order valence-electron chi connectivity index (χ2n) is 13.4. The third-order valence-electron chi connectivity index (χ3n) is 10.3. The van der Waals surface area contributed by atoms with Crippen molar-refractivity contribution in [3.63, 3.8) is 0 Å². The number of fused-ring (bicyclic) bond motifs is 9. The molecule has 0 fully saturated rings. The quantitative estimate of drug-likeness (QED) is 0.181. The zero-order valence-electron chi connectivity index (χ0n) is 28.2. The Hall–Kier alpha value is -7.11. The zero-order valence-corrected chi connectivity index (χ0v) is 28.2. The van der Waals surface area contributed by atoms with Gasteiger partial charge in [0.1, 0.15) is 39.3 Å². The molecule has 0 bridgehead atoms. The van der Waals surface area contributed by atoms with E-state index in [4.69, 9.17) is 13.3 Å². The first-order chi connectivity index (χ1) is 26.2. The molecule has 0 amide bonds. The van der Waals surface area contributed by atoms with Gasteiger partial charge >= 0.3 is 0 Å². The minimum atomic E-state index is -0.321. The lowest BCUT2D eigenvalue weighted by molar-refractivity contribution is 0.618. The average molecular weight is 686 g/mol. The molecule has 53 heavy (non-hydrogen) atoms. The smallest absolute Gasteiger partial charge is 0.143 e. The first-order valence-corrected chi connectivity index (χ1v) is 17.6. The molecule has 4 nitrogen and oxygen atoms in total. The van der Waals surface area contributed by atoms with Gasteiger partial charge in [-0.15, -0.1) is 0 Å². The van der Waals surface area contributed by atoms with Crippen LogP contribution in [0.25, 0.3) is 88.1 Å². The third kappa shape index (κ3) is 4.61. The van der Waals surface area contributed by atoms with Crippen LogP contribution < -0.4 is 4.90 Å². The predicted molar refractivity (Wildman–Crippen MR) is 214 cm³/mol. The number of rotatable bonds is 5. The maximum Gasteiger partial charge on any atom is 0.143 e. The number of hydrogen-bond donors (Lipinski definition) is 0. The van der Waals surface area contributed by atoms with E-state index in [0.29, 0.717) is 11.2 Å². The molecule has 0 radical (unpaired) electrons. The summed E-state index contributed by atoms with van der Waals surface area (Å²) in [6, 6.07) is 56.8. The number of halogens is 1. The molecule has 250 valence electrons. The summed E-state index contributed by atoms with van der Waals surface area (Å²) in [6.07, 6.45) is 0. The van der Waals surface area contributed by atoms with Gasteiger partial charge < -0.3 is 18.2 Å². The van der Waals surface area contributed by atoms with Crippen molar-refractivity contribution in [2.75, 3.05) is 4.90 Å². The van der Waals surface area contributed by atoms with E-state index in [1.807, 2.05) is 36.4 Å². The van der Waals surface area contributed by atoms with Crippen LogP contribution in [-0.2, 0) is 0 Å². The Morgan fingerprint density at radius 1 is 0.358 bits per heavy atom. The van der Waals surface area contributed by atoms with Gasteiger partial charge in [0, 0.05) is 61.0 Å². The summed E-state index contributed by atoms with van der Waals surface area (Å²) in [4.78, 5) is 2.27. The van der Waals surface area contributed by atoms with Gasteiger partial charge in [-0.3, -0.25) is 0 Å². The van der Waals surface area contributed by atoms with Crippen LogP contribution >= 0.6 is 0 Å². The Morgan fingerprint density at radius 3 is 1.72 bits per heavy atom. The molecule has 0 N–H and O–H groups in total. The molecule has 0 aliphatic carbocycles. The molecular formula is C48H28FNO3. The highest BCUT2D eigenvalue weighted by Crippen LogP contribution is 2.45. The molecular weight excluding hydrogens is 658 g/mol. The predicted octanol–water partition coefficient (Wildman–Crippen LogP) is 14.3. The molecule has 11 rings (SSSR count). The molecule has 3 heterocycles. The van der Waals surface area contributed by atoms with Crippen molar-refractivity contribution >= 4 is 82.9 Å². The Balaban J connectivity index is 1.06. The van der Waals surface area contributed by atoms with E-state index in [1.165, 1.54) is 12.1 Å². The summed E-state index contributed by atoms with van der Waals surface area (Å²) in [5.74, 6) is -0.321. The van der Waals surface area contributed by atoms with E-state index in [1.54, 1.807) is 6.07 Å². The van der Waals surface area contributed by atoms with Gasteiger partial charge in [-0.1, -0.05) is 84.9 Å². The largest absolute Gasteiger partial charge is 0.456 e. The highest BCUT2D eigenvalue weighted by molar-refractivity contribution is 6.19. The summed E-state index contributed by atoms with van der Waals surface area (Å²) in [6.45, 7) is 0. The molecule has 8 aromatic carbocycles. The van der Waals surface area contributed by atoms with Gasteiger partial charge in [0.15, 0.2) is 0 Å². The molecule has 0 saturated heterocycles. The lowest BCUT2D eigenvalue weighted by Crippen LogP contribution is -2.09. The van der Waals surface area contributed by atoms with Crippen LogP contribution in [0.15, 0.2) is 183 Å². The second kappa shape index (κ2) is 11.5. The minimum Gasteiger partial charge on any atom is -0.456 e. The standard InChI is InChI=1S/C48H28FNO3/c49-30-21-24-39-45(27-30)52-42-18-8-14-34(46(39)42)29-20-23-38-44(26-29)51-43-19-9-15-35(47(38)43)36-16-7-17-37-40-28-33(22-25-41(40)53-48(36)37)50(31-10-3-1-4-11-31)32-12-5-2-6-13-32/h1-28H. The highest BCUT2D eigenvalue weighted by atomic mass is 19.1. The van der Waals surface area contributed by atoms with E-state index in [-0.39, 0.29) is 5.82 Å². The van der Waals surface area contributed by atoms with Crippen LogP contribution in [0.2, 0.25) is 0 Å². The third-order valence-corrected chi connectivity index (χ3v) is 10.3. The first-order valence-electron chi connectivity index (χ1n) is 17.6. The molecule has 0 aliphatic rings. The fourth-order valence-electron chi connectivity index (χ4n) is 8.00. The van der Waals surface area contributed by atoms with Crippen LogP contribution in [-0.4, -0.2) is 0 Å². The van der Waals surface area contributed by atoms with Crippen molar-refractivity contribution in [3.8, 4) is 22.3 Å². The normalized spacial score (nSPS) is 11.9. The topological polar surface area (TPSA) is 42.7 Å². The summed E-state index contributed by atoms with van der Waals surface area (Å²) in [5.41, 5.74) is 11.7. The number of nitrogens with zero attached hydrogens (tertiary/aromatic N) is 1. The maximum absolute atomic E-state index is 14.0. The number of hydrogen-bond acceptors (Lipinski definition) is 4. The highest BCUT2D eigenvalue weighted by Gasteiger charge is 2.20. The molecule has 0 atom stereocenters. The van der Waals surface area contributed by atoms with Crippen LogP contribution in [0.4, 0.5) is 21.5 Å². The summed E-state index contributed by atoms with van der Waals surface area (Å²) < 4.78 is 33.3. The van der Waals surface area contributed by atoms with Gasteiger partial charge in [-0.2, -0.15) is 0 Å². The van der Waals surface area contributed by atoms with Crippen molar-refractivity contribution in [1.82, 2.24) is 0 Å². The van der Waals surface area contributed by atoms with Gasteiger partial charge in [0.2, 0.25) is 0 Å². The van der Waals surface area contributed by atoms with Crippen molar-refractivity contribution in [1.29, 1.82) is 0 Å². The van der Waals surface area contributed by atoms with Crippen molar-refractivity contribution < 1.29 is 17.6 Å². The molecule has 3 aromatic heterocycles. The van der Waals surface area contributed by atoms with Crippen LogP contribution in [0.5, 0.6) is 0 Å². The molecule has 0 aliphatic heterocycles. The number of anilines is 3. The Labute approximate surface area is 302 Å². The van der Waals surface area contributed by atoms with E-state index in [9.17, 15) is 4.39 Å². The summed E-state index contributed by atoms with van der Waals surface area (Å²) in [7, 11) is 0. The summed E-state index contributed by atoms with van der Waals surface area (Å²) in [5, 5.41) is 5.98. The van der Waals surface area contributed by atoms with E-state index in [0.717, 1.165) is 94.0 Å². The van der Waals surface area contributed by atoms with Gasteiger partial charge in [-0.25, -0.2) is 4.39 Å². The maximum atomic E-state index is 14.0. The van der Waals surface area contributed by atoms with E-state index in [2.05, 4.69) is 120 Å². The van der Waals surface area contributed by atoms with E-state index >= 15 is 0 Å². The molecule has 5 heteroatoms. The van der Waals surface area contributed by atoms with Crippen molar-refractivity contribution in [3.05, 3.63) is 176 Å². The molecule has 11 aromatic rings. The van der Waals surface area contributed by atoms with Gasteiger partial charge in [0.25, 0.3) is 0 Å². The lowest BCUT2D eigenvalue weighted by atomic mass is 9.95. The summed E-state index contributed by atoms with van der Waals surface area (Å²) >= 11 is 0.